The monoisotopic (exact) mass is 426 g/mol. The fraction of sp³-hybridized carbons (Fsp3) is 0.0769. The van der Waals surface area contributed by atoms with Crippen LogP contribution < -0.4 is 19.5 Å². The van der Waals surface area contributed by atoms with Gasteiger partial charge in [0.25, 0.3) is 0 Å². The number of hydrogen-bond donors (Lipinski definition) is 2. The molecule has 31 heavy (non-hydrogen) atoms. The van der Waals surface area contributed by atoms with Crippen molar-refractivity contribution in [1.29, 1.82) is 0 Å². The maximum Gasteiger partial charge on any atom is 0.454 e. The Hall–Kier alpha value is -3.70. The highest BCUT2D eigenvalue weighted by Crippen LogP contribution is 2.25. The van der Waals surface area contributed by atoms with Crippen molar-refractivity contribution in [1.82, 2.24) is 0 Å². The van der Waals surface area contributed by atoms with Gasteiger partial charge in [-0.25, -0.2) is 0 Å². The number of nitrogens with one attached hydrogen (secondary N) is 2. The molecule has 4 aromatic rings. The molecule has 0 bridgehead atoms. The lowest BCUT2D eigenvalue weighted by Crippen LogP contribution is -2.41. The van der Waals surface area contributed by atoms with Crippen LogP contribution in [0.25, 0.3) is 0 Å². The molecule has 0 heterocycles. The van der Waals surface area contributed by atoms with Crippen LogP contribution in [0, 0.1) is 0 Å². The van der Waals surface area contributed by atoms with Gasteiger partial charge in [-0.15, -0.1) is 0 Å². The van der Waals surface area contributed by atoms with Crippen LogP contribution in [0.5, 0.6) is 11.5 Å². The van der Waals surface area contributed by atoms with Crippen LogP contribution in [0.2, 0.25) is 13.1 Å². The van der Waals surface area contributed by atoms with E-state index < -0.39 is 8.56 Å². The molecular weight excluding hydrogens is 400 g/mol. The van der Waals surface area contributed by atoms with E-state index in [-0.39, 0.29) is 0 Å². The van der Waals surface area contributed by atoms with Gasteiger partial charge in [-0.2, -0.15) is 0 Å². The summed E-state index contributed by atoms with van der Waals surface area (Å²) in [5.74, 6) is 1.61. The second-order valence-electron chi connectivity index (χ2n) is 7.63. The lowest BCUT2D eigenvalue weighted by Gasteiger charge is -2.25. The van der Waals surface area contributed by atoms with Crippen LogP contribution in [0.3, 0.4) is 0 Å². The summed E-state index contributed by atoms with van der Waals surface area (Å²) in [6, 6.07) is 36.1. The van der Waals surface area contributed by atoms with Crippen LogP contribution in [0.15, 0.2) is 109 Å². The molecule has 4 rings (SSSR count). The molecule has 156 valence electrons. The van der Waals surface area contributed by atoms with Gasteiger partial charge in [0.1, 0.15) is 11.5 Å². The minimum Gasteiger partial charge on any atom is -0.512 e. The van der Waals surface area contributed by atoms with Crippen molar-refractivity contribution in [2.75, 3.05) is 10.6 Å². The van der Waals surface area contributed by atoms with Crippen molar-refractivity contribution in [3.8, 4) is 11.5 Å². The van der Waals surface area contributed by atoms with Crippen molar-refractivity contribution in [3.05, 3.63) is 109 Å². The quantitative estimate of drug-likeness (QED) is 0.289. The van der Waals surface area contributed by atoms with Crippen LogP contribution in [-0.4, -0.2) is 8.56 Å². The molecule has 4 nitrogen and oxygen atoms in total. The number of hydrogen-bond acceptors (Lipinski definition) is 4. The second kappa shape index (κ2) is 9.41. The van der Waals surface area contributed by atoms with Crippen molar-refractivity contribution in [2.45, 2.75) is 13.1 Å². The molecule has 4 aromatic carbocycles. The van der Waals surface area contributed by atoms with Gasteiger partial charge in [-0.1, -0.05) is 36.4 Å². The molecule has 0 aromatic heterocycles. The van der Waals surface area contributed by atoms with E-state index in [4.69, 9.17) is 8.85 Å². The lowest BCUT2D eigenvalue weighted by atomic mass is 10.2. The first-order chi connectivity index (χ1) is 15.1. The molecule has 0 aliphatic heterocycles. The molecule has 5 heteroatoms. The van der Waals surface area contributed by atoms with Crippen molar-refractivity contribution >= 4 is 31.3 Å². The summed E-state index contributed by atoms with van der Waals surface area (Å²) < 4.78 is 12.4. The third-order valence-electron chi connectivity index (χ3n) is 4.56. The van der Waals surface area contributed by atoms with Gasteiger partial charge in [0, 0.05) is 35.8 Å². The molecule has 0 atom stereocenters. The zero-order chi connectivity index (χ0) is 21.5. The number of para-hydroxylation sites is 2. The van der Waals surface area contributed by atoms with E-state index in [0.29, 0.717) is 0 Å². The highest BCUT2D eigenvalue weighted by molar-refractivity contribution is 6.66. The summed E-state index contributed by atoms with van der Waals surface area (Å²) in [6.07, 6.45) is 0. The Morgan fingerprint density at radius 2 is 0.774 bits per heavy atom. The van der Waals surface area contributed by atoms with Gasteiger partial charge in [0.2, 0.25) is 0 Å². The van der Waals surface area contributed by atoms with Gasteiger partial charge in [-0.3, -0.25) is 0 Å². The van der Waals surface area contributed by atoms with E-state index in [0.717, 1.165) is 34.2 Å². The van der Waals surface area contributed by atoms with Crippen LogP contribution in [0.1, 0.15) is 0 Å². The first-order valence-electron chi connectivity index (χ1n) is 10.3. The summed E-state index contributed by atoms with van der Waals surface area (Å²) >= 11 is 0. The fourth-order valence-electron chi connectivity index (χ4n) is 3.18. The Kier molecular flexibility index (Phi) is 6.24. The summed E-state index contributed by atoms with van der Waals surface area (Å²) in [7, 11) is -2.41. The molecule has 2 N–H and O–H groups in total. The smallest absolute Gasteiger partial charge is 0.454 e. The number of anilines is 4. The molecule has 0 saturated heterocycles. The zero-order valence-corrected chi connectivity index (χ0v) is 18.7. The van der Waals surface area contributed by atoms with Crippen LogP contribution >= 0.6 is 0 Å². The van der Waals surface area contributed by atoms with Crippen LogP contribution in [0.4, 0.5) is 22.7 Å². The predicted octanol–water partition coefficient (Wildman–Crippen LogP) is 7.33. The molecule has 0 unspecified atom stereocenters. The average molecular weight is 427 g/mol. The molecule has 0 aliphatic rings. The SMILES string of the molecule is C[Si](C)(Oc1ccc(Nc2ccccc2)cc1)Oc1ccc(Nc2ccccc2)cc1. The van der Waals surface area contributed by atoms with Crippen molar-refractivity contribution in [3.63, 3.8) is 0 Å². The molecule has 0 saturated carbocycles. The first-order valence-corrected chi connectivity index (χ1v) is 13.1. The molecular formula is C26H26N2O2Si. The van der Waals surface area contributed by atoms with E-state index >= 15 is 0 Å². The topological polar surface area (TPSA) is 42.5 Å². The van der Waals surface area contributed by atoms with Crippen molar-refractivity contribution in [2.24, 2.45) is 0 Å². The van der Waals surface area contributed by atoms with Gasteiger partial charge < -0.3 is 19.5 Å². The highest BCUT2D eigenvalue weighted by atomic mass is 28.4. The highest BCUT2D eigenvalue weighted by Gasteiger charge is 2.29. The molecule has 0 spiro atoms. The molecule has 0 amide bonds. The van der Waals surface area contributed by atoms with E-state index in [1.165, 1.54) is 0 Å². The summed E-state index contributed by atoms with van der Waals surface area (Å²) in [6.45, 7) is 4.08. The summed E-state index contributed by atoms with van der Waals surface area (Å²) in [5, 5.41) is 6.75. The van der Waals surface area contributed by atoms with Crippen LogP contribution in [-0.2, 0) is 0 Å². The lowest BCUT2D eigenvalue weighted by molar-refractivity contribution is 0.400. The van der Waals surface area contributed by atoms with E-state index in [2.05, 4.69) is 10.6 Å². The maximum absolute atomic E-state index is 6.21. The Labute approximate surface area is 184 Å². The maximum atomic E-state index is 6.21. The molecule has 0 fully saturated rings. The Balaban J connectivity index is 1.34. The van der Waals surface area contributed by atoms with Gasteiger partial charge >= 0.3 is 8.56 Å². The second-order valence-corrected chi connectivity index (χ2v) is 10.8. The average Bonchev–Trinajstić information content (AvgIpc) is 2.78. The third kappa shape index (κ3) is 6.14. The van der Waals surface area contributed by atoms with E-state index in [1.54, 1.807) is 0 Å². The fourth-order valence-corrected chi connectivity index (χ4v) is 4.63. The largest absolute Gasteiger partial charge is 0.512 e. The summed E-state index contributed by atoms with van der Waals surface area (Å²) in [5.41, 5.74) is 4.14. The standard InChI is InChI=1S/C26H26N2O2Si/c1-31(2,29-25-17-13-23(14-18-25)27-21-9-5-3-6-10-21)30-26-19-15-24(16-20-26)28-22-11-7-4-8-12-22/h3-20,27-28H,1-2H3. The normalized spacial score (nSPS) is 10.9. The zero-order valence-electron chi connectivity index (χ0n) is 17.7. The Morgan fingerprint density at radius 1 is 0.452 bits per heavy atom. The Morgan fingerprint density at radius 3 is 1.13 bits per heavy atom. The third-order valence-corrected chi connectivity index (χ3v) is 6.02. The summed E-state index contributed by atoms with van der Waals surface area (Å²) in [4.78, 5) is 0. The first kappa shape index (κ1) is 20.6. The van der Waals surface area contributed by atoms with E-state index in [1.807, 2.05) is 122 Å². The number of rotatable bonds is 8. The van der Waals surface area contributed by atoms with E-state index in [9.17, 15) is 0 Å². The minimum absolute atomic E-state index is 0.803. The van der Waals surface area contributed by atoms with Gasteiger partial charge in [-0.05, 0) is 72.8 Å². The van der Waals surface area contributed by atoms with Gasteiger partial charge in [0.15, 0.2) is 0 Å². The predicted molar refractivity (Wildman–Crippen MR) is 131 cm³/mol. The minimum atomic E-state index is -2.41. The Bertz CT molecular complexity index is 995. The molecule has 0 aliphatic carbocycles. The van der Waals surface area contributed by atoms with Gasteiger partial charge in [0.05, 0.1) is 0 Å². The number of benzene rings is 4. The molecule has 0 radical (unpaired) electrons. The van der Waals surface area contributed by atoms with Crippen molar-refractivity contribution < 1.29 is 8.85 Å².